The molecule has 0 amide bonds. The molecule has 1 nitrogen and oxygen atoms in total. The van der Waals surface area contributed by atoms with Gasteiger partial charge < -0.3 is 5.32 Å². The first-order valence-electron chi connectivity index (χ1n) is 13.8. The maximum Gasteiger partial charge on any atom is 0.135 e. The summed E-state index contributed by atoms with van der Waals surface area (Å²) in [5.74, 6) is 0. The van der Waals surface area contributed by atoms with Gasteiger partial charge in [0.25, 0.3) is 0 Å². The lowest BCUT2D eigenvalue weighted by molar-refractivity contribution is 0.561. The molecule has 0 heterocycles. The first kappa shape index (κ1) is 29.5. The van der Waals surface area contributed by atoms with E-state index in [1.807, 2.05) is 0 Å². The van der Waals surface area contributed by atoms with Gasteiger partial charge in [0, 0.05) is 5.69 Å². The highest BCUT2D eigenvalue weighted by Gasteiger charge is 2.09. The Morgan fingerprint density at radius 1 is 0.656 bits per heavy atom. The number of thiol groups is 1. The molecule has 0 radical (unpaired) electrons. The van der Waals surface area contributed by atoms with Gasteiger partial charge in [-0.25, -0.2) is 0 Å². The third kappa shape index (κ3) is 15.3. The minimum Gasteiger partial charge on any atom is -0.341 e. The molecular formula is C29H51NS2. The molecule has 0 unspecified atom stereocenters. The highest BCUT2D eigenvalue weighted by atomic mass is 32.1. The summed E-state index contributed by atoms with van der Waals surface area (Å²) >= 11 is 9.54. The standard InChI is InChI=1S/C29H51NS2/c1-3-5-7-9-11-13-15-17-19-22-26-23-21-25-28(30-29(31)32)27(26)24-20-18-16-14-12-10-8-6-4-2/h21,23,25H,3-20,22,24H2,1-2H3,(H2,30,31,32). The van der Waals surface area contributed by atoms with Crippen LogP contribution in [-0.2, 0) is 12.8 Å². The SMILES string of the molecule is CCCCCCCCCCCc1cccc(NC(=S)S)c1CCCCCCCCCCC. The van der Waals surface area contributed by atoms with Crippen LogP contribution in [0.2, 0.25) is 0 Å². The molecule has 0 aliphatic heterocycles. The van der Waals surface area contributed by atoms with E-state index in [0.29, 0.717) is 4.32 Å². The summed E-state index contributed by atoms with van der Waals surface area (Å²) in [7, 11) is 0. The van der Waals surface area contributed by atoms with Gasteiger partial charge in [-0.2, -0.15) is 0 Å². The summed E-state index contributed by atoms with van der Waals surface area (Å²) in [6.45, 7) is 4.58. The third-order valence-corrected chi connectivity index (χ3v) is 6.81. The maximum absolute atomic E-state index is 5.22. The molecule has 0 spiro atoms. The zero-order valence-corrected chi connectivity index (χ0v) is 22.9. The molecule has 0 aliphatic carbocycles. The average molecular weight is 478 g/mol. The first-order chi connectivity index (χ1) is 15.7. The van der Waals surface area contributed by atoms with Gasteiger partial charge in [0.2, 0.25) is 0 Å². The lowest BCUT2D eigenvalue weighted by Crippen LogP contribution is -2.07. The van der Waals surface area contributed by atoms with Crippen LogP contribution in [0.1, 0.15) is 141 Å². The van der Waals surface area contributed by atoms with E-state index in [4.69, 9.17) is 12.2 Å². The molecule has 0 aliphatic rings. The Bertz CT molecular complexity index is 585. The van der Waals surface area contributed by atoms with Crippen LogP contribution in [0.5, 0.6) is 0 Å². The van der Waals surface area contributed by atoms with Gasteiger partial charge in [0.15, 0.2) is 0 Å². The van der Waals surface area contributed by atoms with Crippen LogP contribution < -0.4 is 5.32 Å². The third-order valence-electron chi connectivity index (χ3n) is 6.59. The molecular weight excluding hydrogens is 426 g/mol. The molecule has 1 rings (SSSR count). The molecule has 0 bridgehead atoms. The first-order valence-corrected chi connectivity index (χ1v) is 14.6. The number of hydrogen-bond donors (Lipinski definition) is 2. The highest BCUT2D eigenvalue weighted by molar-refractivity contribution is 8.11. The number of anilines is 1. The van der Waals surface area contributed by atoms with Crippen LogP contribution in [0, 0.1) is 0 Å². The fourth-order valence-electron chi connectivity index (χ4n) is 4.63. The van der Waals surface area contributed by atoms with E-state index in [9.17, 15) is 0 Å². The molecule has 0 saturated carbocycles. The summed E-state index contributed by atoms with van der Waals surface area (Å²) in [5, 5.41) is 3.33. The van der Waals surface area contributed by atoms with Gasteiger partial charge in [-0.05, 0) is 42.9 Å². The fraction of sp³-hybridized carbons (Fsp3) is 0.759. The van der Waals surface area contributed by atoms with Crippen LogP contribution >= 0.6 is 24.8 Å². The summed E-state index contributed by atoms with van der Waals surface area (Å²) in [6, 6.07) is 6.68. The number of hydrogen-bond acceptors (Lipinski definition) is 1. The van der Waals surface area contributed by atoms with Crippen molar-refractivity contribution in [2.75, 3.05) is 5.32 Å². The lowest BCUT2D eigenvalue weighted by Gasteiger charge is -2.16. The molecule has 0 atom stereocenters. The molecule has 0 saturated heterocycles. The number of benzene rings is 1. The van der Waals surface area contributed by atoms with Gasteiger partial charge >= 0.3 is 0 Å². The van der Waals surface area contributed by atoms with Crippen molar-refractivity contribution in [3.8, 4) is 0 Å². The van der Waals surface area contributed by atoms with Crippen molar-refractivity contribution in [1.82, 2.24) is 0 Å². The van der Waals surface area contributed by atoms with Gasteiger partial charge in [0.1, 0.15) is 4.32 Å². The highest BCUT2D eigenvalue weighted by Crippen LogP contribution is 2.25. The fourth-order valence-corrected chi connectivity index (χ4v) is 4.87. The lowest BCUT2D eigenvalue weighted by atomic mass is 9.94. The molecule has 1 N–H and O–H groups in total. The Balaban J connectivity index is 2.38. The second-order valence-corrected chi connectivity index (χ2v) is 10.7. The van der Waals surface area contributed by atoms with E-state index in [2.05, 4.69) is 50.0 Å². The largest absolute Gasteiger partial charge is 0.341 e. The van der Waals surface area contributed by atoms with Crippen molar-refractivity contribution >= 4 is 34.9 Å². The number of aryl methyl sites for hydroxylation is 1. The Kier molecular flexibility index (Phi) is 19.4. The van der Waals surface area contributed by atoms with Crippen molar-refractivity contribution in [3.63, 3.8) is 0 Å². The monoisotopic (exact) mass is 477 g/mol. The van der Waals surface area contributed by atoms with Gasteiger partial charge in [-0.1, -0.05) is 141 Å². The predicted molar refractivity (Wildman–Crippen MR) is 154 cm³/mol. The molecule has 32 heavy (non-hydrogen) atoms. The second-order valence-electron chi connectivity index (χ2n) is 9.53. The topological polar surface area (TPSA) is 12.0 Å². The quantitative estimate of drug-likeness (QED) is 0.104. The zero-order valence-electron chi connectivity index (χ0n) is 21.2. The number of nitrogens with one attached hydrogen (secondary N) is 1. The van der Waals surface area contributed by atoms with Crippen LogP contribution in [0.15, 0.2) is 18.2 Å². The molecule has 0 fully saturated rings. The van der Waals surface area contributed by atoms with Crippen LogP contribution in [0.25, 0.3) is 0 Å². The van der Waals surface area contributed by atoms with Crippen LogP contribution in [0.3, 0.4) is 0 Å². The normalized spacial score (nSPS) is 11.1. The Morgan fingerprint density at radius 3 is 1.56 bits per heavy atom. The van der Waals surface area contributed by atoms with Gasteiger partial charge in [-0.3, -0.25) is 0 Å². The summed E-state index contributed by atoms with van der Waals surface area (Å²) in [6.07, 6.45) is 27.2. The van der Waals surface area contributed by atoms with Crippen molar-refractivity contribution < 1.29 is 0 Å². The number of thiocarbonyl (C=S) groups is 1. The minimum atomic E-state index is 0.568. The van der Waals surface area contributed by atoms with Crippen molar-refractivity contribution in [3.05, 3.63) is 29.3 Å². The summed E-state index contributed by atoms with van der Waals surface area (Å²) < 4.78 is 0.568. The Hall–Kier alpha value is -0.540. The minimum absolute atomic E-state index is 0.568. The maximum atomic E-state index is 5.22. The molecule has 1 aromatic rings. The number of rotatable bonds is 21. The van der Waals surface area contributed by atoms with E-state index in [0.717, 1.165) is 6.42 Å². The summed E-state index contributed by atoms with van der Waals surface area (Å²) in [4.78, 5) is 0. The Morgan fingerprint density at radius 2 is 1.09 bits per heavy atom. The second kappa shape index (κ2) is 21.0. The molecule has 0 aromatic heterocycles. The van der Waals surface area contributed by atoms with Crippen molar-refractivity contribution in [2.24, 2.45) is 0 Å². The van der Waals surface area contributed by atoms with Crippen LogP contribution in [0.4, 0.5) is 5.69 Å². The average Bonchev–Trinajstić information content (AvgIpc) is 2.77. The van der Waals surface area contributed by atoms with E-state index in [1.54, 1.807) is 0 Å². The Labute approximate surface area is 211 Å². The van der Waals surface area contributed by atoms with Crippen LogP contribution in [-0.4, -0.2) is 4.32 Å². The van der Waals surface area contributed by atoms with Crippen molar-refractivity contribution in [1.29, 1.82) is 0 Å². The van der Waals surface area contributed by atoms with E-state index in [1.165, 1.54) is 139 Å². The number of unbranched alkanes of at least 4 members (excludes halogenated alkanes) is 16. The van der Waals surface area contributed by atoms with E-state index < -0.39 is 0 Å². The molecule has 3 heteroatoms. The molecule has 1 aromatic carbocycles. The summed E-state index contributed by atoms with van der Waals surface area (Å²) in [5.41, 5.74) is 4.17. The predicted octanol–water partition coefficient (Wildman–Crippen LogP) is 10.5. The molecule has 184 valence electrons. The van der Waals surface area contributed by atoms with E-state index in [-0.39, 0.29) is 0 Å². The van der Waals surface area contributed by atoms with Gasteiger partial charge in [-0.15, -0.1) is 12.6 Å². The zero-order chi connectivity index (χ0) is 23.3. The smallest absolute Gasteiger partial charge is 0.135 e. The van der Waals surface area contributed by atoms with Crippen molar-refractivity contribution in [2.45, 2.75) is 142 Å². The van der Waals surface area contributed by atoms with Gasteiger partial charge in [0.05, 0.1) is 0 Å². The van der Waals surface area contributed by atoms with E-state index >= 15 is 0 Å².